The number of ether oxygens (including phenoxy) is 1. The Balaban J connectivity index is 0.00000320. The fraction of sp³-hybridized carbons (Fsp3) is 0.636. The molecule has 2 fully saturated rings. The van der Waals surface area contributed by atoms with Crippen molar-refractivity contribution in [2.24, 2.45) is 10.9 Å². The Kier molecular flexibility index (Phi) is 9.31. The van der Waals surface area contributed by atoms with E-state index in [0.29, 0.717) is 39.1 Å². The highest BCUT2D eigenvalue weighted by atomic mass is 127. The topological polar surface area (TPSA) is 53.9 Å². The monoisotopic (exact) mass is 535 g/mol. The van der Waals surface area contributed by atoms with Crippen LogP contribution in [0.5, 0.6) is 0 Å². The van der Waals surface area contributed by atoms with Crippen LogP contribution in [0.25, 0.3) is 0 Å². The quantitative estimate of drug-likeness (QED) is 0.265. The highest BCUT2D eigenvalue weighted by Crippen LogP contribution is 2.42. The molecule has 30 heavy (non-hydrogen) atoms. The number of rotatable bonds is 5. The molecular weight excluding hydrogens is 503 g/mol. The van der Waals surface area contributed by atoms with Crippen LogP contribution < -0.4 is 5.32 Å². The SMILES string of the molecule is CCOC(=O)C1CCN(C(=NC)NCC2(c3c(F)cccc3F)CCCC2)CC1.I. The second-order valence-corrected chi connectivity index (χ2v) is 8.00. The number of likely N-dealkylation sites (tertiary alicyclic amines) is 1. The van der Waals surface area contributed by atoms with Gasteiger partial charge in [0.15, 0.2) is 5.96 Å². The molecule has 1 heterocycles. The highest BCUT2D eigenvalue weighted by Gasteiger charge is 2.40. The second kappa shape index (κ2) is 11.2. The molecule has 1 aromatic carbocycles. The smallest absolute Gasteiger partial charge is 0.309 e. The first-order chi connectivity index (χ1) is 14.0. The lowest BCUT2D eigenvalue weighted by Crippen LogP contribution is -2.50. The number of nitrogens with one attached hydrogen (secondary N) is 1. The van der Waals surface area contributed by atoms with Crippen molar-refractivity contribution in [2.45, 2.75) is 50.9 Å². The van der Waals surface area contributed by atoms with Gasteiger partial charge in [-0.25, -0.2) is 8.78 Å². The number of guanidine groups is 1. The molecule has 1 saturated heterocycles. The van der Waals surface area contributed by atoms with Crippen molar-refractivity contribution in [3.05, 3.63) is 35.4 Å². The summed E-state index contributed by atoms with van der Waals surface area (Å²) in [7, 11) is 1.71. The van der Waals surface area contributed by atoms with E-state index in [0.717, 1.165) is 31.6 Å². The minimum atomic E-state index is -0.561. The third kappa shape index (κ3) is 5.42. The summed E-state index contributed by atoms with van der Waals surface area (Å²) in [5.74, 6) is -0.429. The number of hydrogen-bond acceptors (Lipinski definition) is 3. The largest absolute Gasteiger partial charge is 0.466 e. The first-order valence-electron chi connectivity index (χ1n) is 10.6. The lowest BCUT2D eigenvalue weighted by atomic mass is 9.78. The van der Waals surface area contributed by atoms with E-state index in [9.17, 15) is 13.6 Å². The van der Waals surface area contributed by atoms with Crippen LogP contribution in [0.2, 0.25) is 0 Å². The van der Waals surface area contributed by atoms with Gasteiger partial charge in [-0.3, -0.25) is 9.79 Å². The average Bonchev–Trinajstić information content (AvgIpc) is 3.18. The number of carbonyl (C=O) groups excluding carboxylic acids is 1. The Morgan fingerprint density at radius 1 is 1.23 bits per heavy atom. The number of carbonyl (C=O) groups is 1. The molecule has 0 amide bonds. The van der Waals surface area contributed by atoms with Crippen molar-refractivity contribution in [1.29, 1.82) is 0 Å². The van der Waals surface area contributed by atoms with Crippen LogP contribution in [0.4, 0.5) is 8.78 Å². The molecule has 1 N–H and O–H groups in total. The molecule has 0 spiro atoms. The van der Waals surface area contributed by atoms with Gasteiger partial charge in [0.25, 0.3) is 0 Å². The highest BCUT2D eigenvalue weighted by molar-refractivity contribution is 14.0. The third-order valence-corrected chi connectivity index (χ3v) is 6.26. The molecule has 0 unspecified atom stereocenters. The maximum atomic E-state index is 14.5. The van der Waals surface area contributed by atoms with Crippen LogP contribution in [0.3, 0.4) is 0 Å². The summed E-state index contributed by atoms with van der Waals surface area (Å²) >= 11 is 0. The standard InChI is InChI=1S/C22H31F2N3O2.HI/c1-3-29-20(28)16-9-13-27(14-10-16)21(25-2)26-15-22(11-4-5-12-22)19-17(23)7-6-8-18(19)24;/h6-8,16H,3-5,9-15H2,1-2H3,(H,25,26);1H. The molecule has 8 heteroatoms. The number of benzene rings is 1. The lowest BCUT2D eigenvalue weighted by Gasteiger charge is -2.36. The van der Waals surface area contributed by atoms with Gasteiger partial charge in [0.2, 0.25) is 0 Å². The van der Waals surface area contributed by atoms with Crippen molar-refractivity contribution in [3.8, 4) is 0 Å². The second-order valence-electron chi connectivity index (χ2n) is 8.00. The van der Waals surface area contributed by atoms with Crippen molar-refractivity contribution < 1.29 is 18.3 Å². The molecule has 2 aliphatic rings. The molecule has 3 rings (SSSR count). The van der Waals surface area contributed by atoms with Crippen LogP contribution in [-0.2, 0) is 14.9 Å². The molecule has 1 aromatic rings. The van der Waals surface area contributed by atoms with Gasteiger partial charge < -0.3 is 15.0 Å². The summed E-state index contributed by atoms with van der Waals surface area (Å²) in [6.45, 7) is 4.05. The van der Waals surface area contributed by atoms with Crippen LogP contribution in [0, 0.1) is 17.6 Å². The molecule has 0 bridgehead atoms. The Morgan fingerprint density at radius 2 is 1.83 bits per heavy atom. The molecule has 0 radical (unpaired) electrons. The molecule has 168 valence electrons. The van der Waals surface area contributed by atoms with Gasteiger partial charge in [0, 0.05) is 37.7 Å². The van der Waals surface area contributed by atoms with Crippen LogP contribution in [0.15, 0.2) is 23.2 Å². The number of halogens is 3. The number of aliphatic imine (C=N–C) groups is 1. The van der Waals surface area contributed by atoms with E-state index >= 15 is 0 Å². The number of piperidine rings is 1. The Labute approximate surface area is 194 Å². The van der Waals surface area contributed by atoms with Crippen molar-refractivity contribution in [3.63, 3.8) is 0 Å². The third-order valence-electron chi connectivity index (χ3n) is 6.26. The number of nitrogens with zero attached hydrogens (tertiary/aromatic N) is 2. The van der Waals surface area contributed by atoms with Crippen molar-refractivity contribution >= 4 is 35.9 Å². The van der Waals surface area contributed by atoms with Gasteiger partial charge in [-0.15, -0.1) is 24.0 Å². The van der Waals surface area contributed by atoms with Gasteiger partial charge in [0.05, 0.1) is 12.5 Å². The first kappa shape index (κ1) is 24.8. The average molecular weight is 535 g/mol. The summed E-state index contributed by atoms with van der Waals surface area (Å²) < 4.78 is 34.2. The lowest BCUT2D eigenvalue weighted by molar-refractivity contribution is -0.149. The van der Waals surface area contributed by atoms with Crippen LogP contribution >= 0.6 is 24.0 Å². The molecular formula is C22H32F2IN3O2. The predicted molar refractivity (Wildman–Crippen MR) is 124 cm³/mol. The van der Waals surface area contributed by atoms with Gasteiger partial charge in [-0.05, 0) is 44.7 Å². The van der Waals surface area contributed by atoms with Crippen molar-refractivity contribution in [1.82, 2.24) is 10.2 Å². The van der Waals surface area contributed by atoms with Crippen LogP contribution in [0.1, 0.15) is 51.0 Å². The zero-order valence-corrected chi connectivity index (χ0v) is 20.1. The normalized spacial score (nSPS) is 19.3. The fourth-order valence-corrected chi connectivity index (χ4v) is 4.74. The summed E-state index contributed by atoms with van der Waals surface area (Å²) in [6, 6.07) is 4.10. The number of hydrogen-bond donors (Lipinski definition) is 1. The molecule has 1 saturated carbocycles. The number of esters is 1. The summed E-state index contributed by atoms with van der Waals surface area (Å²) in [5, 5.41) is 3.37. The van der Waals surface area contributed by atoms with E-state index in [1.165, 1.54) is 18.2 Å². The Morgan fingerprint density at radius 3 is 2.37 bits per heavy atom. The first-order valence-corrected chi connectivity index (χ1v) is 10.6. The molecule has 1 aliphatic carbocycles. The van der Waals surface area contributed by atoms with E-state index in [-0.39, 0.29) is 41.4 Å². The van der Waals surface area contributed by atoms with Gasteiger partial charge in [-0.2, -0.15) is 0 Å². The maximum absolute atomic E-state index is 14.5. The van der Waals surface area contributed by atoms with E-state index in [1.807, 2.05) is 6.92 Å². The maximum Gasteiger partial charge on any atom is 0.309 e. The van der Waals surface area contributed by atoms with Gasteiger partial charge in [0.1, 0.15) is 11.6 Å². The summed E-state index contributed by atoms with van der Waals surface area (Å²) in [6.07, 6.45) is 4.84. The summed E-state index contributed by atoms with van der Waals surface area (Å²) in [4.78, 5) is 18.4. The van der Waals surface area contributed by atoms with Gasteiger partial charge >= 0.3 is 5.97 Å². The molecule has 0 atom stereocenters. The molecule has 1 aliphatic heterocycles. The Bertz CT molecular complexity index is 726. The minimum Gasteiger partial charge on any atom is -0.466 e. The van der Waals surface area contributed by atoms with E-state index in [1.54, 1.807) is 7.05 Å². The van der Waals surface area contributed by atoms with Crippen molar-refractivity contribution in [2.75, 3.05) is 33.3 Å². The van der Waals surface area contributed by atoms with E-state index < -0.39 is 17.0 Å². The Hall–Kier alpha value is -1.45. The molecule has 0 aromatic heterocycles. The molecule has 5 nitrogen and oxygen atoms in total. The van der Waals surface area contributed by atoms with Gasteiger partial charge in [-0.1, -0.05) is 18.9 Å². The predicted octanol–water partition coefficient (Wildman–Crippen LogP) is 4.25. The fourth-order valence-electron chi connectivity index (χ4n) is 4.74. The zero-order valence-electron chi connectivity index (χ0n) is 17.8. The zero-order chi connectivity index (χ0) is 20.9. The minimum absolute atomic E-state index is 0. The van der Waals surface area contributed by atoms with E-state index in [2.05, 4.69) is 15.2 Å². The van der Waals surface area contributed by atoms with E-state index in [4.69, 9.17) is 4.74 Å². The summed E-state index contributed by atoms with van der Waals surface area (Å²) in [5.41, 5.74) is -0.365. The van der Waals surface area contributed by atoms with Crippen LogP contribution in [-0.4, -0.2) is 50.1 Å².